The first kappa shape index (κ1) is 12.1. The number of rotatable bonds is 5. The summed E-state index contributed by atoms with van der Waals surface area (Å²) in [4.78, 5) is 15.5. The second-order valence-electron chi connectivity index (χ2n) is 3.22. The molecule has 0 saturated heterocycles. The van der Waals surface area contributed by atoms with E-state index < -0.39 is 0 Å². The molecule has 4 nitrogen and oxygen atoms in total. The van der Waals surface area contributed by atoms with Gasteiger partial charge in [0.05, 0.1) is 17.7 Å². The number of carbonyl (C=O) groups is 1. The number of hydrogen-bond acceptors (Lipinski definition) is 5. The van der Waals surface area contributed by atoms with Crippen molar-refractivity contribution in [3.05, 3.63) is 16.1 Å². The number of aryl methyl sites for hydroxylation is 1. The van der Waals surface area contributed by atoms with Gasteiger partial charge in [-0.05, 0) is 13.8 Å². The molecule has 1 heterocycles. The van der Waals surface area contributed by atoms with E-state index >= 15 is 0 Å². The third-order valence-corrected chi connectivity index (χ3v) is 2.76. The normalized spacial score (nSPS) is 12.5. The molecule has 0 aromatic carbocycles. The van der Waals surface area contributed by atoms with Crippen LogP contribution in [0.1, 0.15) is 28.8 Å². The van der Waals surface area contributed by atoms with Crippen LogP contribution in [0.2, 0.25) is 0 Å². The number of thiazole rings is 1. The molecule has 0 aliphatic carbocycles. The molecule has 1 aromatic rings. The molecule has 0 N–H and O–H groups in total. The summed E-state index contributed by atoms with van der Waals surface area (Å²) in [5.74, 6) is -0.359. The third-order valence-electron chi connectivity index (χ3n) is 1.99. The molecule has 15 heavy (non-hydrogen) atoms. The minimum atomic E-state index is -0.359. The lowest BCUT2D eigenvalue weighted by molar-refractivity contribution is 0.0385. The topological polar surface area (TPSA) is 48.4 Å². The summed E-state index contributed by atoms with van der Waals surface area (Å²) < 4.78 is 10.1. The fraction of sp³-hybridized carbons (Fsp3) is 0.600. The molecule has 1 aromatic heterocycles. The highest BCUT2D eigenvalue weighted by Gasteiger charge is 2.11. The van der Waals surface area contributed by atoms with E-state index in [-0.39, 0.29) is 12.1 Å². The predicted molar refractivity (Wildman–Crippen MR) is 58.2 cm³/mol. The highest BCUT2D eigenvalue weighted by molar-refractivity contribution is 7.09. The summed E-state index contributed by atoms with van der Waals surface area (Å²) in [6.45, 7) is 4.15. The average molecular weight is 229 g/mol. The zero-order valence-electron chi connectivity index (χ0n) is 9.15. The molecule has 0 aliphatic rings. The van der Waals surface area contributed by atoms with Gasteiger partial charge in [-0.15, -0.1) is 11.3 Å². The van der Waals surface area contributed by atoms with Gasteiger partial charge in [-0.2, -0.15) is 0 Å². The van der Waals surface area contributed by atoms with Gasteiger partial charge in [-0.1, -0.05) is 0 Å². The number of carbonyl (C=O) groups excluding carboxylic acids is 1. The molecular weight excluding hydrogens is 214 g/mol. The van der Waals surface area contributed by atoms with Crippen LogP contribution < -0.4 is 0 Å². The standard InChI is InChI=1S/C10H15NO3S/c1-7(13-3)4-5-14-10(12)9-6-15-8(2)11-9/h6-7H,4-5H2,1-3H3. The van der Waals surface area contributed by atoms with Crippen LogP contribution in [-0.4, -0.2) is 30.8 Å². The zero-order valence-corrected chi connectivity index (χ0v) is 9.97. The van der Waals surface area contributed by atoms with E-state index in [1.54, 1.807) is 12.5 Å². The Morgan fingerprint density at radius 3 is 2.93 bits per heavy atom. The van der Waals surface area contributed by atoms with E-state index in [1.165, 1.54) is 11.3 Å². The van der Waals surface area contributed by atoms with E-state index in [0.717, 1.165) is 5.01 Å². The smallest absolute Gasteiger partial charge is 0.357 e. The van der Waals surface area contributed by atoms with Crippen molar-refractivity contribution in [2.24, 2.45) is 0 Å². The monoisotopic (exact) mass is 229 g/mol. The van der Waals surface area contributed by atoms with Gasteiger partial charge in [0, 0.05) is 18.9 Å². The van der Waals surface area contributed by atoms with Crippen LogP contribution in [0.15, 0.2) is 5.38 Å². The van der Waals surface area contributed by atoms with E-state index in [2.05, 4.69) is 4.98 Å². The Labute approximate surface area is 93.2 Å². The number of aromatic nitrogens is 1. The Morgan fingerprint density at radius 1 is 1.67 bits per heavy atom. The Kier molecular flexibility index (Phi) is 4.71. The van der Waals surface area contributed by atoms with E-state index in [4.69, 9.17) is 9.47 Å². The maximum Gasteiger partial charge on any atom is 0.357 e. The Balaban J connectivity index is 2.31. The van der Waals surface area contributed by atoms with Gasteiger partial charge in [0.25, 0.3) is 0 Å². The van der Waals surface area contributed by atoms with Gasteiger partial charge in [-0.25, -0.2) is 9.78 Å². The first-order valence-electron chi connectivity index (χ1n) is 4.75. The predicted octanol–water partition coefficient (Wildman–Crippen LogP) is 2.03. The van der Waals surface area contributed by atoms with E-state index in [9.17, 15) is 4.79 Å². The number of methoxy groups -OCH3 is 1. The van der Waals surface area contributed by atoms with Crippen molar-refractivity contribution >= 4 is 17.3 Å². The Morgan fingerprint density at radius 2 is 2.40 bits per heavy atom. The van der Waals surface area contributed by atoms with Crippen LogP contribution in [0.3, 0.4) is 0 Å². The lowest BCUT2D eigenvalue weighted by Gasteiger charge is -2.08. The van der Waals surface area contributed by atoms with Gasteiger partial charge < -0.3 is 9.47 Å². The number of hydrogen-bond donors (Lipinski definition) is 0. The SMILES string of the molecule is COC(C)CCOC(=O)c1csc(C)n1. The molecule has 0 radical (unpaired) electrons. The lowest BCUT2D eigenvalue weighted by Crippen LogP contribution is -2.13. The maximum atomic E-state index is 11.4. The Hall–Kier alpha value is -0.940. The average Bonchev–Trinajstić information content (AvgIpc) is 2.64. The minimum Gasteiger partial charge on any atom is -0.461 e. The van der Waals surface area contributed by atoms with Crippen LogP contribution >= 0.6 is 11.3 Å². The van der Waals surface area contributed by atoms with Gasteiger partial charge in [-0.3, -0.25) is 0 Å². The van der Waals surface area contributed by atoms with Gasteiger partial charge in [0.1, 0.15) is 0 Å². The van der Waals surface area contributed by atoms with Crippen LogP contribution in [0.25, 0.3) is 0 Å². The van der Waals surface area contributed by atoms with Crippen molar-refractivity contribution in [3.63, 3.8) is 0 Å². The van der Waals surface area contributed by atoms with Crippen LogP contribution in [0.5, 0.6) is 0 Å². The molecule has 0 bridgehead atoms. The molecule has 0 spiro atoms. The molecule has 0 amide bonds. The summed E-state index contributed by atoms with van der Waals surface area (Å²) in [6, 6.07) is 0. The highest BCUT2D eigenvalue weighted by Crippen LogP contribution is 2.09. The molecule has 0 aliphatic heterocycles. The fourth-order valence-electron chi connectivity index (χ4n) is 0.967. The van der Waals surface area contributed by atoms with Crippen LogP contribution in [0, 0.1) is 6.92 Å². The fourth-order valence-corrected chi connectivity index (χ4v) is 1.55. The zero-order chi connectivity index (χ0) is 11.3. The van der Waals surface area contributed by atoms with Crippen molar-refractivity contribution in [2.75, 3.05) is 13.7 Å². The van der Waals surface area contributed by atoms with Gasteiger partial charge in [0.15, 0.2) is 5.69 Å². The second kappa shape index (κ2) is 5.82. The first-order chi connectivity index (χ1) is 7.13. The number of ether oxygens (including phenoxy) is 2. The quantitative estimate of drug-likeness (QED) is 0.725. The number of nitrogens with zero attached hydrogens (tertiary/aromatic N) is 1. The molecule has 1 rings (SSSR count). The minimum absolute atomic E-state index is 0.106. The largest absolute Gasteiger partial charge is 0.461 e. The molecule has 84 valence electrons. The summed E-state index contributed by atoms with van der Waals surface area (Å²) >= 11 is 1.44. The van der Waals surface area contributed by atoms with E-state index in [0.29, 0.717) is 18.7 Å². The molecule has 1 unspecified atom stereocenters. The lowest BCUT2D eigenvalue weighted by atomic mass is 10.3. The van der Waals surface area contributed by atoms with Gasteiger partial charge >= 0.3 is 5.97 Å². The maximum absolute atomic E-state index is 11.4. The van der Waals surface area contributed by atoms with E-state index in [1.807, 2.05) is 13.8 Å². The van der Waals surface area contributed by atoms with Gasteiger partial charge in [0.2, 0.25) is 0 Å². The van der Waals surface area contributed by atoms with Crippen LogP contribution in [-0.2, 0) is 9.47 Å². The second-order valence-corrected chi connectivity index (χ2v) is 4.28. The van der Waals surface area contributed by atoms with Crippen LogP contribution in [0.4, 0.5) is 0 Å². The summed E-state index contributed by atoms with van der Waals surface area (Å²) in [7, 11) is 1.64. The number of esters is 1. The summed E-state index contributed by atoms with van der Waals surface area (Å²) in [5, 5.41) is 2.57. The van der Waals surface area contributed by atoms with Crippen molar-refractivity contribution in [1.82, 2.24) is 4.98 Å². The summed E-state index contributed by atoms with van der Waals surface area (Å²) in [6.07, 6.45) is 0.806. The van der Waals surface area contributed by atoms with Crippen molar-refractivity contribution < 1.29 is 14.3 Å². The third kappa shape index (κ3) is 3.97. The van der Waals surface area contributed by atoms with Crippen molar-refractivity contribution in [3.8, 4) is 0 Å². The molecular formula is C10H15NO3S. The first-order valence-corrected chi connectivity index (χ1v) is 5.63. The molecule has 0 fully saturated rings. The molecule has 5 heteroatoms. The molecule has 1 atom stereocenters. The highest BCUT2D eigenvalue weighted by atomic mass is 32.1. The van der Waals surface area contributed by atoms with Crippen molar-refractivity contribution in [2.45, 2.75) is 26.4 Å². The molecule has 0 saturated carbocycles. The Bertz CT molecular complexity index is 324. The van der Waals surface area contributed by atoms with Crippen molar-refractivity contribution in [1.29, 1.82) is 0 Å². The summed E-state index contributed by atoms with van der Waals surface area (Å²) in [5.41, 5.74) is 0.391.